The van der Waals surface area contributed by atoms with E-state index in [2.05, 4.69) is 5.32 Å². The van der Waals surface area contributed by atoms with Crippen LogP contribution < -0.4 is 5.32 Å². The normalized spacial score (nSPS) is 11.4. The number of likely N-dealkylation sites (N-methyl/N-ethyl adjacent to an activating group) is 1. The van der Waals surface area contributed by atoms with E-state index in [1.54, 1.807) is 6.92 Å². The second-order valence-corrected chi connectivity index (χ2v) is 9.64. The number of sulfonamides is 1. The largest absolute Gasteiger partial charge is 0.465 e. The molecule has 1 N–H and O–H groups in total. The molecule has 0 aliphatic rings. The molecular formula is C19H22N2O6S2. The van der Waals surface area contributed by atoms with Crippen LogP contribution in [0, 0.1) is 13.8 Å². The van der Waals surface area contributed by atoms with Gasteiger partial charge < -0.3 is 10.1 Å². The summed E-state index contributed by atoms with van der Waals surface area (Å²) in [6.45, 7) is 4.49. The zero-order valence-electron chi connectivity index (χ0n) is 16.7. The number of anilines is 1. The fourth-order valence-corrected chi connectivity index (χ4v) is 4.75. The maximum atomic E-state index is 12.7. The number of methoxy groups -OCH3 is 1. The van der Waals surface area contributed by atoms with Gasteiger partial charge in [-0.25, -0.2) is 13.2 Å². The first kappa shape index (κ1) is 22.7. The zero-order chi connectivity index (χ0) is 21.9. The molecule has 2 aromatic rings. The van der Waals surface area contributed by atoms with E-state index < -0.39 is 28.4 Å². The van der Waals surface area contributed by atoms with Gasteiger partial charge in [0, 0.05) is 17.5 Å². The molecule has 1 amide bonds. The number of nitrogens with one attached hydrogen (secondary N) is 1. The standard InChI is InChI=1S/C19H22N2O6S2/c1-11-13(3)28-18(17(11)19(24)27-5)20-16(23)10-21(4)29(25,26)15-8-6-14(7-9-15)12(2)22/h6-9H,10H2,1-5H3,(H,20,23). The van der Waals surface area contributed by atoms with Crippen molar-refractivity contribution in [1.29, 1.82) is 0 Å². The molecule has 8 nitrogen and oxygen atoms in total. The van der Waals surface area contributed by atoms with Crippen LogP contribution in [-0.2, 0) is 19.6 Å². The molecule has 1 heterocycles. The van der Waals surface area contributed by atoms with Gasteiger partial charge in [-0.15, -0.1) is 11.3 Å². The zero-order valence-corrected chi connectivity index (χ0v) is 18.4. The molecule has 0 radical (unpaired) electrons. The van der Waals surface area contributed by atoms with E-state index in [4.69, 9.17) is 4.74 Å². The van der Waals surface area contributed by atoms with Gasteiger partial charge in [0.15, 0.2) is 5.78 Å². The van der Waals surface area contributed by atoms with Gasteiger partial charge in [-0.3, -0.25) is 9.59 Å². The Labute approximate surface area is 173 Å². The SMILES string of the molecule is COC(=O)c1c(NC(=O)CN(C)S(=O)(=O)c2ccc(C(C)=O)cc2)sc(C)c1C. The number of esters is 1. The van der Waals surface area contributed by atoms with Crippen LogP contribution in [0.2, 0.25) is 0 Å². The first-order valence-electron chi connectivity index (χ1n) is 8.54. The first-order valence-corrected chi connectivity index (χ1v) is 10.8. The Morgan fingerprint density at radius 1 is 1.14 bits per heavy atom. The smallest absolute Gasteiger partial charge is 0.341 e. The summed E-state index contributed by atoms with van der Waals surface area (Å²) in [4.78, 5) is 36.6. The first-order chi connectivity index (χ1) is 13.5. The summed E-state index contributed by atoms with van der Waals surface area (Å²) >= 11 is 1.22. The van der Waals surface area contributed by atoms with E-state index in [9.17, 15) is 22.8 Å². The molecule has 29 heavy (non-hydrogen) atoms. The Bertz CT molecular complexity index is 1060. The van der Waals surface area contributed by atoms with Crippen LogP contribution in [0.5, 0.6) is 0 Å². The summed E-state index contributed by atoms with van der Waals surface area (Å²) in [5, 5.41) is 2.91. The molecule has 0 spiro atoms. The van der Waals surface area contributed by atoms with Gasteiger partial charge in [0.2, 0.25) is 15.9 Å². The molecule has 1 aromatic carbocycles. The lowest BCUT2D eigenvalue weighted by Crippen LogP contribution is -2.35. The monoisotopic (exact) mass is 438 g/mol. The summed E-state index contributed by atoms with van der Waals surface area (Å²) in [5.74, 6) is -1.35. The minimum absolute atomic E-state index is 0.0316. The minimum Gasteiger partial charge on any atom is -0.465 e. The number of benzene rings is 1. The van der Waals surface area contributed by atoms with Crippen molar-refractivity contribution in [2.24, 2.45) is 0 Å². The van der Waals surface area contributed by atoms with Crippen LogP contribution in [0.4, 0.5) is 5.00 Å². The third-order valence-corrected chi connectivity index (χ3v) is 7.30. The molecule has 0 saturated heterocycles. The van der Waals surface area contributed by atoms with Crippen LogP contribution in [-0.4, -0.2) is 51.1 Å². The minimum atomic E-state index is -3.93. The topological polar surface area (TPSA) is 110 Å². The third-order valence-electron chi connectivity index (χ3n) is 4.36. The summed E-state index contributed by atoms with van der Waals surface area (Å²) in [7, 11) is -1.40. The number of amides is 1. The molecule has 156 valence electrons. The molecule has 0 unspecified atom stereocenters. The Hall–Kier alpha value is -2.56. The van der Waals surface area contributed by atoms with Crippen molar-refractivity contribution >= 4 is 44.0 Å². The molecule has 10 heteroatoms. The maximum absolute atomic E-state index is 12.7. The number of Topliss-reactive ketones (excluding diaryl/α,β-unsaturated/α-hetero) is 1. The highest BCUT2D eigenvalue weighted by Crippen LogP contribution is 2.33. The van der Waals surface area contributed by atoms with E-state index in [1.807, 2.05) is 6.92 Å². The fourth-order valence-electron chi connectivity index (χ4n) is 2.56. The number of hydrogen-bond acceptors (Lipinski definition) is 7. The van der Waals surface area contributed by atoms with Crippen molar-refractivity contribution in [2.45, 2.75) is 25.7 Å². The van der Waals surface area contributed by atoms with E-state index in [-0.39, 0.29) is 16.2 Å². The van der Waals surface area contributed by atoms with E-state index >= 15 is 0 Å². The van der Waals surface area contributed by atoms with Gasteiger partial charge in [-0.1, -0.05) is 12.1 Å². The van der Waals surface area contributed by atoms with Gasteiger partial charge in [0.05, 0.1) is 24.1 Å². The number of aryl methyl sites for hydroxylation is 1. The van der Waals surface area contributed by atoms with Crippen LogP contribution >= 0.6 is 11.3 Å². The average Bonchev–Trinajstić information content (AvgIpc) is 2.94. The van der Waals surface area contributed by atoms with Crippen molar-refractivity contribution in [3.05, 3.63) is 45.8 Å². The molecule has 0 bridgehead atoms. The van der Waals surface area contributed by atoms with E-state index in [0.29, 0.717) is 16.1 Å². The summed E-state index contributed by atoms with van der Waals surface area (Å²) in [6.07, 6.45) is 0. The molecule has 1 aromatic heterocycles. The summed E-state index contributed by atoms with van der Waals surface area (Å²) < 4.78 is 31.0. The number of rotatable bonds is 7. The molecular weight excluding hydrogens is 416 g/mol. The number of nitrogens with zero attached hydrogens (tertiary/aromatic N) is 1. The summed E-state index contributed by atoms with van der Waals surface area (Å²) in [5.41, 5.74) is 1.35. The quantitative estimate of drug-likeness (QED) is 0.526. The number of carbonyl (C=O) groups is 3. The van der Waals surface area contributed by atoms with Gasteiger partial charge in [0.25, 0.3) is 0 Å². The predicted octanol–water partition coefficient (Wildman–Crippen LogP) is 2.61. The van der Waals surface area contributed by atoms with Crippen LogP contribution in [0.1, 0.15) is 38.1 Å². The average molecular weight is 439 g/mol. The number of ether oxygens (including phenoxy) is 1. The van der Waals surface area contributed by atoms with Gasteiger partial charge >= 0.3 is 5.97 Å². The van der Waals surface area contributed by atoms with Gasteiger partial charge in [0.1, 0.15) is 5.00 Å². The maximum Gasteiger partial charge on any atom is 0.341 e. The lowest BCUT2D eigenvalue weighted by molar-refractivity contribution is -0.116. The van der Waals surface area contributed by atoms with Crippen molar-refractivity contribution in [2.75, 3.05) is 26.0 Å². The molecule has 0 fully saturated rings. The number of hydrogen-bond donors (Lipinski definition) is 1. The lowest BCUT2D eigenvalue weighted by atomic mass is 10.1. The summed E-state index contributed by atoms with van der Waals surface area (Å²) in [6, 6.07) is 5.48. The molecule has 2 rings (SSSR count). The van der Waals surface area contributed by atoms with Crippen LogP contribution in [0.3, 0.4) is 0 Å². The Morgan fingerprint density at radius 3 is 2.24 bits per heavy atom. The van der Waals surface area contributed by atoms with Crippen molar-refractivity contribution in [3.8, 4) is 0 Å². The van der Waals surface area contributed by atoms with E-state index in [0.717, 1.165) is 9.18 Å². The van der Waals surface area contributed by atoms with Crippen LogP contribution in [0.25, 0.3) is 0 Å². The molecule has 0 atom stereocenters. The van der Waals surface area contributed by atoms with Crippen molar-refractivity contribution < 1.29 is 27.5 Å². The lowest BCUT2D eigenvalue weighted by Gasteiger charge is -2.17. The Morgan fingerprint density at radius 2 is 1.72 bits per heavy atom. The number of thiophene rings is 1. The predicted molar refractivity (Wildman–Crippen MR) is 110 cm³/mol. The highest BCUT2D eigenvalue weighted by Gasteiger charge is 2.25. The van der Waals surface area contributed by atoms with Gasteiger partial charge in [-0.2, -0.15) is 4.31 Å². The Kier molecular flexibility index (Phi) is 6.93. The molecule has 0 aliphatic heterocycles. The third kappa shape index (κ3) is 4.89. The van der Waals surface area contributed by atoms with Crippen molar-refractivity contribution in [1.82, 2.24) is 4.31 Å². The highest BCUT2D eigenvalue weighted by atomic mass is 32.2. The van der Waals surface area contributed by atoms with Gasteiger partial charge in [-0.05, 0) is 38.5 Å². The van der Waals surface area contributed by atoms with Crippen LogP contribution in [0.15, 0.2) is 29.2 Å². The van der Waals surface area contributed by atoms with E-state index in [1.165, 1.54) is 56.7 Å². The number of ketones is 1. The Balaban J connectivity index is 2.17. The molecule has 0 saturated carbocycles. The number of carbonyl (C=O) groups excluding carboxylic acids is 3. The fraction of sp³-hybridized carbons (Fsp3) is 0.316. The second-order valence-electron chi connectivity index (χ2n) is 6.37. The second kappa shape index (κ2) is 8.85. The molecule has 0 aliphatic carbocycles. The highest BCUT2D eigenvalue weighted by molar-refractivity contribution is 7.89. The van der Waals surface area contributed by atoms with Crippen molar-refractivity contribution in [3.63, 3.8) is 0 Å².